The third kappa shape index (κ3) is 4.01. The molecule has 24 heavy (non-hydrogen) atoms. The Balaban J connectivity index is 1.48. The highest BCUT2D eigenvalue weighted by Crippen LogP contribution is 2.23. The highest BCUT2D eigenvalue weighted by Gasteiger charge is 2.39. The fraction of sp³-hybridized carbons (Fsp3) is 0.556. The first-order valence-corrected chi connectivity index (χ1v) is 8.62. The van der Waals surface area contributed by atoms with Crippen LogP contribution in [-0.2, 0) is 14.3 Å². The maximum Gasteiger partial charge on any atom is 0.251 e. The minimum absolute atomic E-state index is 0.130. The molecule has 0 aliphatic carbocycles. The number of hydrogen-bond donors (Lipinski definition) is 1. The molecule has 2 heterocycles. The molecule has 6 heteroatoms. The lowest BCUT2D eigenvalue weighted by Gasteiger charge is -2.26. The van der Waals surface area contributed by atoms with Crippen molar-refractivity contribution in [3.63, 3.8) is 0 Å². The number of aryl methyl sites for hydroxylation is 1. The number of ether oxygens (including phenoxy) is 1. The average molecular weight is 331 g/mol. The zero-order valence-corrected chi connectivity index (χ0v) is 14.2. The van der Waals surface area contributed by atoms with Crippen LogP contribution in [0.3, 0.4) is 0 Å². The zero-order valence-electron chi connectivity index (χ0n) is 14.2. The van der Waals surface area contributed by atoms with E-state index in [4.69, 9.17) is 4.74 Å². The molecule has 0 spiro atoms. The molecule has 1 aromatic rings. The first-order chi connectivity index (χ1) is 11.6. The van der Waals surface area contributed by atoms with Crippen LogP contribution in [0.15, 0.2) is 24.3 Å². The monoisotopic (exact) mass is 331 g/mol. The molecular weight excluding hydrogens is 306 g/mol. The molecule has 1 atom stereocenters. The van der Waals surface area contributed by atoms with Crippen molar-refractivity contribution in [3.05, 3.63) is 29.8 Å². The summed E-state index contributed by atoms with van der Waals surface area (Å²) in [7, 11) is 0. The predicted octanol–water partition coefficient (Wildman–Crippen LogP) is 0.939. The van der Waals surface area contributed by atoms with Gasteiger partial charge in [0.25, 0.3) is 5.91 Å². The van der Waals surface area contributed by atoms with Crippen molar-refractivity contribution < 1.29 is 14.3 Å². The number of nitrogens with one attached hydrogen (secondary N) is 1. The topological polar surface area (TPSA) is 61.9 Å². The molecule has 2 amide bonds. The number of rotatable bonds is 6. The Hall–Kier alpha value is -1.76. The van der Waals surface area contributed by atoms with E-state index in [1.807, 2.05) is 31.2 Å². The molecule has 0 radical (unpaired) electrons. The first kappa shape index (κ1) is 17.1. The molecule has 2 aliphatic rings. The van der Waals surface area contributed by atoms with E-state index in [2.05, 4.69) is 10.2 Å². The summed E-state index contributed by atoms with van der Waals surface area (Å²) in [5.74, 6) is -0.273. The smallest absolute Gasteiger partial charge is 0.251 e. The summed E-state index contributed by atoms with van der Waals surface area (Å²) in [5, 5.41) is 3.24. The average Bonchev–Trinajstić information content (AvgIpc) is 2.88. The Bertz CT molecular complexity index is 582. The maximum atomic E-state index is 12.5. The van der Waals surface area contributed by atoms with Gasteiger partial charge in [-0.25, -0.2) is 4.90 Å². The number of amides is 2. The van der Waals surface area contributed by atoms with Crippen LogP contribution in [0.25, 0.3) is 0 Å². The van der Waals surface area contributed by atoms with Crippen molar-refractivity contribution in [3.8, 4) is 0 Å². The van der Waals surface area contributed by atoms with Crippen molar-refractivity contribution in [2.75, 3.05) is 44.3 Å². The van der Waals surface area contributed by atoms with Crippen LogP contribution in [-0.4, -0.2) is 62.1 Å². The van der Waals surface area contributed by atoms with Crippen LogP contribution in [0.2, 0.25) is 0 Å². The number of anilines is 1. The third-order valence-corrected chi connectivity index (χ3v) is 4.58. The van der Waals surface area contributed by atoms with Crippen molar-refractivity contribution >= 4 is 17.5 Å². The molecule has 1 aromatic carbocycles. The number of carbonyl (C=O) groups excluding carboxylic acids is 2. The highest BCUT2D eigenvalue weighted by atomic mass is 16.5. The molecule has 6 nitrogen and oxygen atoms in total. The second kappa shape index (κ2) is 7.88. The van der Waals surface area contributed by atoms with Gasteiger partial charge in [-0.05, 0) is 38.6 Å². The number of morpholine rings is 1. The Morgan fingerprint density at radius 1 is 1.17 bits per heavy atom. The minimum atomic E-state index is -0.400. The van der Waals surface area contributed by atoms with E-state index in [-0.39, 0.29) is 18.2 Å². The van der Waals surface area contributed by atoms with Crippen LogP contribution >= 0.6 is 0 Å². The van der Waals surface area contributed by atoms with Crippen molar-refractivity contribution in [2.24, 2.45) is 0 Å². The summed E-state index contributed by atoms with van der Waals surface area (Å²) in [6.45, 7) is 7.26. The fourth-order valence-electron chi connectivity index (χ4n) is 3.16. The minimum Gasteiger partial charge on any atom is -0.379 e. The Labute approximate surface area is 142 Å². The van der Waals surface area contributed by atoms with Crippen LogP contribution in [0, 0.1) is 6.92 Å². The number of carbonyl (C=O) groups is 2. The largest absolute Gasteiger partial charge is 0.379 e. The SMILES string of the molecule is Cc1ccc(N2C(=O)C[C@H](NCCCN3CCOCC3)C2=O)cc1. The molecule has 3 rings (SSSR count). The summed E-state index contributed by atoms with van der Waals surface area (Å²) < 4.78 is 5.33. The van der Waals surface area contributed by atoms with Gasteiger partial charge in [-0.2, -0.15) is 0 Å². The molecule has 0 bridgehead atoms. The Morgan fingerprint density at radius 3 is 2.58 bits per heavy atom. The second-order valence-corrected chi connectivity index (χ2v) is 6.42. The van der Waals surface area contributed by atoms with Gasteiger partial charge in [-0.3, -0.25) is 14.5 Å². The summed E-state index contributed by atoms with van der Waals surface area (Å²) in [6.07, 6.45) is 1.20. The van der Waals surface area contributed by atoms with Crippen molar-refractivity contribution in [1.82, 2.24) is 10.2 Å². The number of hydrogen-bond acceptors (Lipinski definition) is 5. The van der Waals surface area contributed by atoms with E-state index >= 15 is 0 Å². The highest BCUT2D eigenvalue weighted by molar-refractivity contribution is 6.22. The summed E-state index contributed by atoms with van der Waals surface area (Å²) in [5.41, 5.74) is 1.77. The summed E-state index contributed by atoms with van der Waals surface area (Å²) in [6, 6.07) is 7.08. The molecule has 0 saturated carbocycles. The Kier molecular flexibility index (Phi) is 5.60. The van der Waals surface area contributed by atoms with Crippen molar-refractivity contribution in [1.29, 1.82) is 0 Å². The molecule has 0 unspecified atom stereocenters. The van der Waals surface area contributed by atoms with Crippen LogP contribution in [0.1, 0.15) is 18.4 Å². The van der Waals surface area contributed by atoms with Crippen LogP contribution in [0.4, 0.5) is 5.69 Å². The van der Waals surface area contributed by atoms with Crippen LogP contribution in [0.5, 0.6) is 0 Å². The van der Waals surface area contributed by atoms with E-state index in [0.717, 1.165) is 51.4 Å². The summed E-state index contributed by atoms with van der Waals surface area (Å²) >= 11 is 0. The molecule has 130 valence electrons. The normalized spacial score (nSPS) is 22.4. The van der Waals surface area contributed by atoms with Gasteiger partial charge in [0.2, 0.25) is 5.91 Å². The zero-order chi connectivity index (χ0) is 16.9. The standard InChI is InChI=1S/C18H25N3O3/c1-14-3-5-15(6-4-14)21-17(22)13-16(18(21)23)19-7-2-8-20-9-11-24-12-10-20/h3-6,16,19H,2,7-13H2,1H3/t16-/m0/s1. The predicted molar refractivity (Wildman–Crippen MR) is 92.0 cm³/mol. The lowest BCUT2D eigenvalue weighted by Crippen LogP contribution is -2.41. The van der Waals surface area contributed by atoms with Gasteiger partial charge < -0.3 is 10.1 Å². The summed E-state index contributed by atoms with van der Waals surface area (Å²) in [4.78, 5) is 28.4. The lowest BCUT2D eigenvalue weighted by molar-refractivity contribution is -0.121. The number of imide groups is 1. The van der Waals surface area contributed by atoms with Gasteiger partial charge in [0.1, 0.15) is 0 Å². The van der Waals surface area contributed by atoms with E-state index in [9.17, 15) is 9.59 Å². The second-order valence-electron chi connectivity index (χ2n) is 6.42. The molecule has 2 aliphatic heterocycles. The van der Waals surface area contributed by atoms with E-state index in [0.29, 0.717) is 5.69 Å². The van der Waals surface area contributed by atoms with E-state index < -0.39 is 6.04 Å². The molecule has 1 N–H and O–H groups in total. The number of benzene rings is 1. The van der Waals surface area contributed by atoms with Gasteiger partial charge in [-0.15, -0.1) is 0 Å². The Morgan fingerprint density at radius 2 is 1.88 bits per heavy atom. The van der Waals surface area contributed by atoms with Crippen molar-refractivity contribution in [2.45, 2.75) is 25.8 Å². The van der Waals surface area contributed by atoms with Gasteiger partial charge in [0, 0.05) is 13.1 Å². The van der Waals surface area contributed by atoms with E-state index in [1.165, 1.54) is 4.90 Å². The molecule has 2 saturated heterocycles. The van der Waals surface area contributed by atoms with Gasteiger partial charge in [-0.1, -0.05) is 17.7 Å². The van der Waals surface area contributed by atoms with Gasteiger partial charge in [0.05, 0.1) is 31.4 Å². The third-order valence-electron chi connectivity index (χ3n) is 4.58. The molecular formula is C18H25N3O3. The van der Waals surface area contributed by atoms with Crippen LogP contribution < -0.4 is 10.2 Å². The van der Waals surface area contributed by atoms with E-state index in [1.54, 1.807) is 0 Å². The fourth-order valence-corrected chi connectivity index (χ4v) is 3.16. The maximum absolute atomic E-state index is 12.5. The van der Waals surface area contributed by atoms with Gasteiger partial charge in [0.15, 0.2) is 0 Å². The molecule has 2 fully saturated rings. The van der Waals surface area contributed by atoms with Gasteiger partial charge >= 0.3 is 0 Å². The number of nitrogens with zero attached hydrogens (tertiary/aromatic N) is 2. The quantitative estimate of drug-likeness (QED) is 0.621. The molecule has 0 aromatic heterocycles. The first-order valence-electron chi connectivity index (χ1n) is 8.62. The lowest BCUT2D eigenvalue weighted by atomic mass is 10.2.